The van der Waals surface area contributed by atoms with Crippen LogP contribution in [0.25, 0.3) is 0 Å². The molecule has 270 valence electrons. The van der Waals surface area contributed by atoms with Crippen molar-refractivity contribution in [1.82, 2.24) is 0 Å². The predicted octanol–water partition coefficient (Wildman–Crippen LogP) is 12.9. The van der Waals surface area contributed by atoms with Crippen molar-refractivity contribution in [3.8, 4) is 0 Å². The summed E-state index contributed by atoms with van der Waals surface area (Å²) in [4.78, 5) is 10.2. The fraction of sp³-hybridized carbons (Fsp3) is 0.976. The van der Waals surface area contributed by atoms with Crippen LogP contribution >= 0.6 is 0 Å². The molecule has 0 heterocycles. The minimum Gasteiger partial charge on any atom is -0.550 e. The number of carboxylic acids is 1. The number of hydrogen-bond donors (Lipinski definition) is 0. The summed E-state index contributed by atoms with van der Waals surface area (Å²) < 4.78 is 1.29. The molecule has 0 atom stereocenters. The van der Waals surface area contributed by atoms with Gasteiger partial charge in [-0.1, -0.05) is 187 Å². The summed E-state index contributed by atoms with van der Waals surface area (Å²) in [6, 6.07) is 0.954. The lowest BCUT2D eigenvalue weighted by Crippen LogP contribution is -2.50. The van der Waals surface area contributed by atoms with Crippen LogP contribution in [0.15, 0.2) is 0 Å². The summed E-state index contributed by atoms with van der Waals surface area (Å²) in [5.41, 5.74) is 0. The van der Waals surface area contributed by atoms with Gasteiger partial charge in [0.2, 0.25) is 0 Å². The molecule has 0 aromatic carbocycles. The Kier molecular flexibility index (Phi) is 34.3. The number of quaternary nitrogens is 1. The van der Waals surface area contributed by atoms with Crippen LogP contribution in [0.4, 0.5) is 0 Å². The summed E-state index contributed by atoms with van der Waals surface area (Å²) >= 11 is 0. The molecular formula is C42H85NO2. The van der Waals surface area contributed by atoms with E-state index < -0.39 is 5.97 Å². The van der Waals surface area contributed by atoms with Crippen LogP contribution < -0.4 is 5.11 Å². The zero-order valence-corrected chi connectivity index (χ0v) is 31.8. The second-order valence-electron chi connectivity index (χ2n) is 15.5. The molecule has 3 heteroatoms. The van der Waals surface area contributed by atoms with Crippen LogP contribution in [0, 0.1) is 0 Å². The molecule has 0 radical (unpaired) electrons. The molecule has 1 fully saturated rings. The lowest BCUT2D eigenvalue weighted by Gasteiger charge is -2.40. The van der Waals surface area contributed by atoms with E-state index in [9.17, 15) is 9.90 Å². The van der Waals surface area contributed by atoms with Gasteiger partial charge >= 0.3 is 0 Å². The first-order valence-electron chi connectivity index (χ1n) is 21.0. The summed E-state index contributed by atoms with van der Waals surface area (Å²) in [6.45, 7) is 5.98. The molecule has 1 rings (SSSR count). The Morgan fingerprint density at radius 3 is 1.07 bits per heavy atom. The number of aliphatic carboxylic acids is 1. The summed E-state index contributed by atoms with van der Waals surface area (Å²) in [7, 11) is 4.97. The average molecular weight is 636 g/mol. The van der Waals surface area contributed by atoms with Crippen molar-refractivity contribution in [1.29, 1.82) is 0 Å². The van der Waals surface area contributed by atoms with Gasteiger partial charge in [-0.25, -0.2) is 0 Å². The second-order valence-corrected chi connectivity index (χ2v) is 15.5. The largest absolute Gasteiger partial charge is 0.550 e. The minimum atomic E-state index is -0.903. The highest BCUT2D eigenvalue weighted by Gasteiger charge is 2.28. The summed E-state index contributed by atoms with van der Waals surface area (Å²) in [5, 5.41) is 10.2. The summed E-state index contributed by atoms with van der Waals surface area (Å²) in [6.07, 6.45) is 47.8. The molecule has 1 aliphatic carbocycles. The van der Waals surface area contributed by atoms with Gasteiger partial charge in [0.1, 0.15) is 0 Å². The Hall–Kier alpha value is -0.570. The molecule has 0 bridgehead atoms. The fourth-order valence-corrected chi connectivity index (χ4v) is 7.32. The Morgan fingerprint density at radius 2 is 0.756 bits per heavy atom. The highest BCUT2D eigenvalue weighted by Crippen LogP contribution is 2.26. The quantitative estimate of drug-likeness (QED) is 0.0545. The van der Waals surface area contributed by atoms with E-state index in [4.69, 9.17) is 0 Å². The summed E-state index contributed by atoms with van der Waals surface area (Å²) in [5.74, 6) is -0.903. The van der Waals surface area contributed by atoms with Gasteiger partial charge in [0.25, 0.3) is 0 Å². The first-order valence-corrected chi connectivity index (χ1v) is 21.0. The van der Waals surface area contributed by atoms with E-state index in [1.54, 1.807) is 0 Å². The van der Waals surface area contributed by atoms with Crippen molar-refractivity contribution >= 4 is 5.97 Å². The SMILES string of the molecule is CCCCCCCCCCCCCCCCCC(=O)[O-].CCCCCCCCCCCCCCCC[N+](C)(C)C1CCCCC1. The van der Waals surface area contributed by atoms with Crippen LogP contribution in [0.2, 0.25) is 0 Å². The van der Waals surface area contributed by atoms with Crippen LogP contribution in [0.1, 0.15) is 239 Å². The van der Waals surface area contributed by atoms with Gasteiger partial charge in [-0.2, -0.15) is 0 Å². The van der Waals surface area contributed by atoms with E-state index in [2.05, 4.69) is 27.9 Å². The maximum absolute atomic E-state index is 10.2. The van der Waals surface area contributed by atoms with Crippen LogP contribution in [-0.4, -0.2) is 37.1 Å². The smallest absolute Gasteiger partial charge is 0.0886 e. The van der Waals surface area contributed by atoms with Gasteiger partial charge in [-0.05, 0) is 51.4 Å². The van der Waals surface area contributed by atoms with Crippen molar-refractivity contribution in [2.45, 2.75) is 245 Å². The van der Waals surface area contributed by atoms with Gasteiger partial charge in [0.05, 0.1) is 26.7 Å². The van der Waals surface area contributed by atoms with Gasteiger partial charge in [0, 0.05) is 5.97 Å². The van der Waals surface area contributed by atoms with Crippen molar-refractivity contribution in [2.75, 3.05) is 20.6 Å². The maximum Gasteiger partial charge on any atom is 0.0886 e. The van der Waals surface area contributed by atoms with Crippen molar-refractivity contribution in [3.05, 3.63) is 0 Å². The maximum atomic E-state index is 10.2. The Bertz CT molecular complexity index is 583. The lowest BCUT2D eigenvalue weighted by atomic mass is 9.93. The van der Waals surface area contributed by atoms with Crippen LogP contribution in [0.5, 0.6) is 0 Å². The Labute approximate surface area is 285 Å². The molecule has 1 saturated carbocycles. The minimum absolute atomic E-state index is 0.234. The van der Waals surface area contributed by atoms with E-state index in [-0.39, 0.29) is 6.42 Å². The van der Waals surface area contributed by atoms with E-state index in [0.29, 0.717) is 0 Å². The molecule has 45 heavy (non-hydrogen) atoms. The molecular weight excluding hydrogens is 550 g/mol. The molecule has 0 amide bonds. The molecule has 0 aromatic heterocycles. The standard InChI is InChI=1S/C24H50N.C18H36O2/c1-4-5-6-7-8-9-10-11-12-13-14-15-16-20-23-25(2,3)24-21-18-17-19-22-24;1-2-3-4-5-6-7-8-9-10-11-12-13-14-15-16-17-18(19)20/h24H,4-23H2,1-3H3;2-17H2,1H3,(H,19,20)/q+1;/p-1. The zero-order chi connectivity index (χ0) is 33.1. The number of carbonyl (C=O) groups is 1. The second kappa shape index (κ2) is 34.8. The highest BCUT2D eigenvalue weighted by atomic mass is 16.4. The first kappa shape index (κ1) is 44.4. The number of hydrogen-bond acceptors (Lipinski definition) is 2. The molecule has 0 aromatic rings. The fourth-order valence-electron chi connectivity index (χ4n) is 7.32. The van der Waals surface area contributed by atoms with Crippen molar-refractivity contribution in [3.63, 3.8) is 0 Å². The normalized spacial score (nSPS) is 14.0. The van der Waals surface area contributed by atoms with Crippen LogP contribution in [0.3, 0.4) is 0 Å². The number of carbonyl (C=O) groups excluding carboxylic acids is 1. The average Bonchev–Trinajstić information content (AvgIpc) is 3.03. The number of carboxylic acid groups (broad SMARTS) is 1. The molecule has 0 saturated heterocycles. The molecule has 0 N–H and O–H groups in total. The monoisotopic (exact) mass is 636 g/mol. The Morgan fingerprint density at radius 1 is 0.467 bits per heavy atom. The molecule has 0 spiro atoms. The molecule has 0 unspecified atom stereocenters. The van der Waals surface area contributed by atoms with Gasteiger partial charge in [-0.3, -0.25) is 0 Å². The van der Waals surface area contributed by atoms with E-state index >= 15 is 0 Å². The molecule has 3 nitrogen and oxygen atoms in total. The van der Waals surface area contributed by atoms with Gasteiger partial charge < -0.3 is 14.4 Å². The van der Waals surface area contributed by atoms with E-state index in [0.717, 1.165) is 18.9 Å². The number of unbranched alkanes of at least 4 members (excludes halogenated alkanes) is 27. The van der Waals surface area contributed by atoms with E-state index in [1.165, 1.54) is 216 Å². The van der Waals surface area contributed by atoms with Crippen LogP contribution in [-0.2, 0) is 4.79 Å². The van der Waals surface area contributed by atoms with Crippen molar-refractivity contribution in [2.24, 2.45) is 0 Å². The third kappa shape index (κ3) is 33.1. The number of rotatable bonds is 32. The number of nitrogens with zero attached hydrogens (tertiary/aromatic N) is 1. The first-order chi connectivity index (χ1) is 21.9. The third-order valence-corrected chi connectivity index (χ3v) is 10.6. The predicted molar refractivity (Wildman–Crippen MR) is 199 cm³/mol. The van der Waals surface area contributed by atoms with Crippen molar-refractivity contribution < 1.29 is 14.4 Å². The third-order valence-electron chi connectivity index (χ3n) is 10.6. The highest BCUT2D eigenvalue weighted by molar-refractivity contribution is 5.64. The zero-order valence-electron chi connectivity index (χ0n) is 31.8. The van der Waals surface area contributed by atoms with Gasteiger partial charge in [-0.15, -0.1) is 0 Å². The Balaban J connectivity index is 0.000000884. The van der Waals surface area contributed by atoms with E-state index in [1.807, 2.05) is 0 Å². The molecule has 0 aliphatic heterocycles. The molecule has 1 aliphatic rings. The van der Waals surface area contributed by atoms with Gasteiger partial charge in [0.15, 0.2) is 0 Å². The lowest BCUT2D eigenvalue weighted by molar-refractivity contribution is -0.916. The topological polar surface area (TPSA) is 40.1 Å².